The lowest BCUT2D eigenvalue weighted by molar-refractivity contribution is 0.392. The van der Waals surface area contributed by atoms with Gasteiger partial charge in [0.2, 0.25) is 0 Å². The van der Waals surface area contributed by atoms with Crippen LogP contribution >= 0.6 is 0 Å². The Labute approximate surface area is 100 Å². The SMILES string of the molecule is COc1cc2ccccc2n1-c1ccccc1. The van der Waals surface area contributed by atoms with Crippen molar-refractivity contribution in [3.63, 3.8) is 0 Å². The van der Waals surface area contributed by atoms with Crippen LogP contribution in [-0.2, 0) is 0 Å². The summed E-state index contributed by atoms with van der Waals surface area (Å²) in [6, 6.07) is 20.6. The number of fused-ring (bicyclic) bond motifs is 1. The molecule has 3 aromatic rings. The summed E-state index contributed by atoms with van der Waals surface area (Å²) in [4.78, 5) is 0. The summed E-state index contributed by atoms with van der Waals surface area (Å²) in [5.41, 5.74) is 2.28. The molecule has 0 radical (unpaired) electrons. The van der Waals surface area contributed by atoms with Gasteiger partial charge >= 0.3 is 0 Å². The van der Waals surface area contributed by atoms with E-state index in [0.717, 1.165) is 17.1 Å². The molecule has 0 aliphatic carbocycles. The van der Waals surface area contributed by atoms with E-state index in [1.54, 1.807) is 7.11 Å². The summed E-state index contributed by atoms with van der Waals surface area (Å²) < 4.78 is 7.57. The minimum atomic E-state index is 0.859. The van der Waals surface area contributed by atoms with Crippen molar-refractivity contribution in [2.24, 2.45) is 0 Å². The van der Waals surface area contributed by atoms with Crippen LogP contribution in [0, 0.1) is 0 Å². The first kappa shape index (κ1) is 9.97. The number of methoxy groups -OCH3 is 1. The van der Waals surface area contributed by atoms with Crippen LogP contribution in [0.3, 0.4) is 0 Å². The van der Waals surface area contributed by atoms with Crippen LogP contribution in [0.25, 0.3) is 16.6 Å². The average molecular weight is 223 g/mol. The zero-order valence-corrected chi connectivity index (χ0v) is 9.63. The maximum absolute atomic E-state index is 5.45. The van der Waals surface area contributed by atoms with Crippen LogP contribution < -0.4 is 4.74 Å². The molecule has 84 valence electrons. The summed E-state index contributed by atoms with van der Waals surface area (Å²) in [7, 11) is 1.70. The summed E-state index contributed by atoms with van der Waals surface area (Å²) in [6.07, 6.45) is 0. The van der Waals surface area contributed by atoms with Crippen molar-refractivity contribution in [2.75, 3.05) is 7.11 Å². The molecule has 0 saturated carbocycles. The highest BCUT2D eigenvalue weighted by molar-refractivity contribution is 5.84. The van der Waals surface area contributed by atoms with Gasteiger partial charge in [0, 0.05) is 17.1 Å². The van der Waals surface area contributed by atoms with E-state index in [4.69, 9.17) is 4.74 Å². The number of aromatic nitrogens is 1. The molecule has 2 heteroatoms. The first-order chi connectivity index (χ1) is 8.40. The molecular weight excluding hydrogens is 210 g/mol. The third-order valence-corrected chi connectivity index (χ3v) is 2.90. The van der Waals surface area contributed by atoms with Crippen LogP contribution in [0.15, 0.2) is 60.7 Å². The fraction of sp³-hybridized carbons (Fsp3) is 0.0667. The van der Waals surface area contributed by atoms with Crippen LogP contribution in [0.5, 0.6) is 5.88 Å². The molecule has 0 spiro atoms. The number of hydrogen-bond acceptors (Lipinski definition) is 1. The normalized spacial score (nSPS) is 10.6. The first-order valence-electron chi connectivity index (χ1n) is 5.60. The highest BCUT2D eigenvalue weighted by atomic mass is 16.5. The molecule has 1 aromatic heterocycles. The topological polar surface area (TPSA) is 14.2 Å². The molecule has 1 heterocycles. The molecule has 0 saturated heterocycles. The molecular formula is C15H13NO. The van der Waals surface area contributed by atoms with E-state index in [-0.39, 0.29) is 0 Å². The lowest BCUT2D eigenvalue weighted by Gasteiger charge is -2.09. The number of para-hydroxylation sites is 2. The van der Waals surface area contributed by atoms with Crippen molar-refractivity contribution in [3.8, 4) is 11.6 Å². The van der Waals surface area contributed by atoms with Gasteiger partial charge in [0.15, 0.2) is 5.88 Å². The van der Waals surface area contributed by atoms with Crippen LogP contribution in [0.1, 0.15) is 0 Å². The Bertz CT molecular complexity index is 640. The smallest absolute Gasteiger partial charge is 0.198 e. The van der Waals surface area contributed by atoms with Gasteiger partial charge in [-0.05, 0) is 18.2 Å². The largest absolute Gasteiger partial charge is 0.482 e. The molecule has 0 amide bonds. The van der Waals surface area contributed by atoms with E-state index in [2.05, 4.69) is 34.9 Å². The highest BCUT2D eigenvalue weighted by Gasteiger charge is 2.09. The minimum absolute atomic E-state index is 0.859. The lowest BCUT2D eigenvalue weighted by atomic mass is 10.2. The second-order valence-electron chi connectivity index (χ2n) is 3.92. The van der Waals surface area contributed by atoms with E-state index >= 15 is 0 Å². The molecule has 2 nitrogen and oxygen atoms in total. The Kier molecular flexibility index (Phi) is 2.33. The van der Waals surface area contributed by atoms with Crippen LogP contribution in [-0.4, -0.2) is 11.7 Å². The lowest BCUT2D eigenvalue weighted by Crippen LogP contribution is -1.96. The monoisotopic (exact) mass is 223 g/mol. The number of ether oxygens (including phenoxy) is 1. The maximum Gasteiger partial charge on any atom is 0.198 e. The van der Waals surface area contributed by atoms with Crippen molar-refractivity contribution >= 4 is 10.9 Å². The highest BCUT2D eigenvalue weighted by Crippen LogP contribution is 2.28. The Hall–Kier alpha value is -2.22. The molecule has 0 fully saturated rings. The van der Waals surface area contributed by atoms with Gasteiger partial charge in [-0.2, -0.15) is 0 Å². The summed E-state index contributed by atoms with van der Waals surface area (Å²) in [5.74, 6) is 0.859. The Morgan fingerprint density at radius 1 is 0.882 bits per heavy atom. The van der Waals surface area contributed by atoms with E-state index in [0.29, 0.717) is 0 Å². The minimum Gasteiger partial charge on any atom is -0.482 e. The number of hydrogen-bond donors (Lipinski definition) is 0. The van der Waals surface area contributed by atoms with E-state index < -0.39 is 0 Å². The predicted octanol–water partition coefficient (Wildman–Crippen LogP) is 3.64. The molecule has 0 unspecified atom stereocenters. The maximum atomic E-state index is 5.45. The molecule has 17 heavy (non-hydrogen) atoms. The second-order valence-corrected chi connectivity index (χ2v) is 3.92. The Morgan fingerprint density at radius 3 is 2.35 bits per heavy atom. The zero-order valence-electron chi connectivity index (χ0n) is 9.63. The fourth-order valence-electron chi connectivity index (χ4n) is 2.12. The molecule has 0 aliphatic rings. The van der Waals surface area contributed by atoms with E-state index in [1.165, 1.54) is 5.39 Å². The van der Waals surface area contributed by atoms with Crippen molar-refractivity contribution in [3.05, 3.63) is 60.7 Å². The van der Waals surface area contributed by atoms with Gasteiger partial charge in [-0.1, -0.05) is 36.4 Å². The van der Waals surface area contributed by atoms with Gasteiger partial charge in [0.05, 0.1) is 12.6 Å². The van der Waals surface area contributed by atoms with E-state index in [1.807, 2.05) is 30.3 Å². The van der Waals surface area contributed by atoms with Gasteiger partial charge < -0.3 is 4.74 Å². The molecule has 3 rings (SSSR count). The molecule has 0 N–H and O–H groups in total. The third kappa shape index (κ3) is 1.58. The first-order valence-corrected chi connectivity index (χ1v) is 5.60. The Morgan fingerprint density at radius 2 is 1.59 bits per heavy atom. The van der Waals surface area contributed by atoms with Crippen molar-refractivity contribution < 1.29 is 4.74 Å². The average Bonchev–Trinajstić information content (AvgIpc) is 2.78. The Balaban J connectivity index is 2.34. The number of benzene rings is 2. The predicted molar refractivity (Wildman–Crippen MR) is 69.8 cm³/mol. The standard InChI is InChI=1S/C15H13NO/c1-17-15-11-12-7-5-6-10-14(12)16(15)13-8-3-2-4-9-13/h2-11H,1H3. The van der Waals surface area contributed by atoms with Gasteiger partial charge in [-0.3, -0.25) is 4.57 Å². The van der Waals surface area contributed by atoms with E-state index in [9.17, 15) is 0 Å². The molecule has 0 bridgehead atoms. The van der Waals surface area contributed by atoms with Crippen molar-refractivity contribution in [1.29, 1.82) is 0 Å². The van der Waals surface area contributed by atoms with Gasteiger partial charge in [0.1, 0.15) is 0 Å². The number of nitrogens with zero attached hydrogens (tertiary/aromatic N) is 1. The molecule has 0 atom stereocenters. The summed E-state index contributed by atoms with van der Waals surface area (Å²) >= 11 is 0. The third-order valence-electron chi connectivity index (χ3n) is 2.90. The second kappa shape index (κ2) is 3.98. The van der Waals surface area contributed by atoms with Gasteiger partial charge in [-0.25, -0.2) is 0 Å². The molecule has 0 aliphatic heterocycles. The van der Waals surface area contributed by atoms with Gasteiger partial charge in [-0.15, -0.1) is 0 Å². The van der Waals surface area contributed by atoms with Crippen LogP contribution in [0.4, 0.5) is 0 Å². The van der Waals surface area contributed by atoms with Crippen molar-refractivity contribution in [1.82, 2.24) is 4.57 Å². The quantitative estimate of drug-likeness (QED) is 0.647. The summed E-state index contributed by atoms with van der Waals surface area (Å²) in [6.45, 7) is 0. The molecule has 2 aromatic carbocycles. The van der Waals surface area contributed by atoms with Gasteiger partial charge in [0.25, 0.3) is 0 Å². The zero-order chi connectivity index (χ0) is 11.7. The fourth-order valence-corrected chi connectivity index (χ4v) is 2.12. The van der Waals surface area contributed by atoms with Crippen molar-refractivity contribution in [2.45, 2.75) is 0 Å². The number of rotatable bonds is 2. The van der Waals surface area contributed by atoms with Crippen LogP contribution in [0.2, 0.25) is 0 Å². The summed E-state index contributed by atoms with van der Waals surface area (Å²) in [5, 5.41) is 1.19.